The van der Waals surface area contributed by atoms with Crippen molar-refractivity contribution in [1.82, 2.24) is 4.98 Å². The number of rotatable bonds is 4. The Morgan fingerprint density at radius 2 is 1.95 bits per heavy atom. The number of halogens is 5. The molecule has 1 heterocycles. The van der Waals surface area contributed by atoms with Crippen LogP contribution >= 0.6 is 0 Å². The van der Waals surface area contributed by atoms with Crippen molar-refractivity contribution in [3.63, 3.8) is 0 Å². The van der Waals surface area contributed by atoms with Gasteiger partial charge in [-0.1, -0.05) is 6.07 Å². The summed E-state index contributed by atoms with van der Waals surface area (Å²) < 4.78 is 74.4. The van der Waals surface area contributed by atoms with Crippen LogP contribution in [0.4, 0.5) is 22.0 Å². The molecule has 4 nitrogen and oxygen atoms in total. The Labute approximate surface area is 119 Å². The minimum absolute atomic E-state index is 0.0380. The first-order valence-electron chi connectivity index (χ1n) is 5.50. The Balaban J connectivity index is 2.86. The molecule has 1 aromatic heterocycles. The Kier molecular flexibility index (Phi) is 5.36. The predicted octanol–water partition coefficient (Wildman–Crippen LogP) is 2.33. The molecular formula is C11H10F5N3OS. The number of aromatic nitrogens is 1. The number of alkyl halides is 5. The van der Waals surface area contributed by atoms with E-state index in [4.69, 9.17) is 5.26 Å². The quantitative estimate of drug-likeness (QED) is 0.369. The van der Waals surface area contributed by atoms with Crippen molar-refractivity contribution < 1.29 is 30.5 Å². The molecule has 0 aliphatic rings. The lowest BCUT2D eigenvalue weighted by atomic mass is 10.1. The molecule has 0 aliphatic heterocycles. The van der Waals surface area contributed by atoms with E-state index in [1.807, 2.05) is 0 Å². The van der Waals surface area contributed by atoms with Crippen LogP contribution in [-0.2, 0) is 23.3 Å². The molecule has 10 heteroatoms. The van der Waals surface area contributed by atoms with Gasteiger partial charge in [0.1, 0.15) is 12.2 Å². The first kappa shape index (κ1) is 17.5. The van der Waals surface area contributed by atoms with Crippen LogP contribution < -0.4 is 0 Å². The fourth-order valence-corrected chi connectivity index (χ4v) is 1.83. The van der Waals surface area contributed by atoms with Crippen LogP contribution in [0.15, 0.2) is 18.3 Å². The van der Waals surface area contributed by atoms with Gasteiger partial charge in [0.25, 0.3) is 0 Å². The zero-order chi connectivity index (χ0) is 16.3. The maximum atomic E-state index is 13.0. The SMILES string of the molecule is CS([O-])=[N+](C#N)CCc1ccc(C(F)(F)C(F)(F)F)nc1. The van der Waals surface area contributed by atoms with Gasteiger partial charge in [-0.25, -0.2) is 0 Å². The van der Waals surface area contributed by atoms with Crippen molar-refractivity contribution in [3.05, 3.63) is 29.6 Å². The number of nitrogens with zero attached hydrogens (tertiary/aromatic N) is 3. The third kappa shape index (κ3) is 4.18. The van der Waals surface area contributed by atoms with Gasteiger partial charge in [0.05, 0.1) is 0 Å². The maximum absolute atomic E-state index is 13.0. The fourth-order valence-electron chi connectivity index (χ4n) is 1.37. The lowest BCUT2D eigenvalue weighted by molar-refractivity contribution is -0.414. The van der Waals surface area contributed by atoms with Crippen molar-refractivity contribution in [2.24, 2.45) is 0 Å². The van der Waals surface area contributed by atoms with Crippen molar-refractivity contribution in [1.29, 1.82) is 5.26 Å². The average Bonchev–Trinajstić information content (AvgIpc) is 2.38. The number of pyridine rings is 1. The summed E-state index contributed by atoms with van der Waals surface area (Å²) in [6.45, 7) is 0.0380. The fraction of sp³-hybridized carbons (Fsp3) is 0.455. The van der Waals surface area contributed by atoms with Crippen LogP contribution in [0.25, 0.3) is 0 Å². The van der Waals surface area contributed by atoms with Gasteiger partial charge in [0, 0.05) is 12.6 Å². The van der Waals surface area contributed by atoms with Gasteiger partial charge in [-0.15, -0.1) is 11.0 Å². The highest BCUT2D eigenvalue weighted by Crippen LogP contribution is 2.42. The van der Waals surface area contributed by atoms with E-state index in [-0.39, 0.29) is 13.0 Å². The lowest BCUT2D eigenvalue weighted by Gasteiger charge is -2.18. The second kappa shape index (κ2) is 6.44. The highest BCUT2D eigenvalue weighted by molar-refractivity contribution is 7.78. The van der Waals surface area contributed by atoms with Crippen molar-refractivity contribution in [2.45, 2.75) is 18.5 Å². The van der Waals surface area contributed by atoms with Gasteiger partial charge in [-0.05, 0) is 17.9 Å². The van der Waals surface area contributed by atoms with Crippen LogP contribution in [0.5, 0.6) is 0 Å². The lowest BCUT2D eigenvalue weighted by Crippen LogP contribution is -2.34. The Morgan fingerprint density at radius 1 is 1.33 bits per heavy atom. The summed E-state index contributed by atoms with van der Waals surface area (Å²) >= 11 is 0. The topological polar surface area (TPSA) is 62.8 Å². The van der Waals surface area contributed by atoms with Crippen LogP contribution in [-0.4, -0.2) is 32.5 Å². The molecule has 0 saturated carbocycles. The average molecular weight is 327 g/mol. The third-order valence-corrected chi connectivity index (χ3v) is 3.41. The molecule has 21 heavy (non-hydrogen) atoms. The zero-order valence-electron chi connectivity index (χ0n) is 10.7. The van der Waals surface area contributed by atoms with Crippen LogP contribution in [0.2, 0.25) is 0 Å². The first-order valence-corrected chi connectivity index (χ1v) is 7.02. The molecule has 116 valence electrons. The van der Waals surface area contributed by atoms with Crippen molar-refractivity contribution in [3.8, 4) is 6.19 Å². The second-order valence-corrected chi connectivity index (χ2v) is 5.29. The third-order valence-electron chi connectivity index (χ3n) is 2.53. The van der Waals surface area contributed by atoms with Crippen molar-refractivity contribution >= 4 is 11.0 Å². The molecule has 0 saturated heterocycles. The van der Waals surface area contributed by atoms with E-state index in [0.29, 0.717) is 11.6 Å². The van der Waals surface area contributed by atoms with E-state index in [9.17, 15) is 26.5 Å². The van der Waals surface area contributed by atoms with Crippen molar-refractivity contribution in [2.75, 3.05) is 12.8 Å². The molecule has 1 rings (SSSR count). The zero-order valence-corrected chi connectivity index (χ0v) is 11.5. The maximum Gasteiger partial charge on any atom is 0.464 e. The summed E-state index contributed by atoms with van der Waals surface area (Å²) in [5.41, 5.74) is -1.04. The van der Waals surface area contributed by atoms with E-state index in [1.54, 1.807) is 6.19 Å². The first-order chi connectivity index (χ1) is 9.59. The van der Waals surface area contributed by atoms with Gasteiger partial charge in [-0.2, -0.15) is 25.9 Å². The van der Waals surface area contributed by atoms with Gasteiger partial charge >= 0.3 is 18.3 Å². The normalized spacial score (nSPS) is 14.5. The summed E-state index contributed by atoms with van der Waals surface area (Å²) in [4.78, 5) is 3.12. The highest BCUT2D eigenvalue weighted by Gasteiger charge is 2.59. The Bertz CT molecular complexity index is 573. The van der Waals surface area contributed by atoms with Crippen LogP contribution in [0, 0.1) is 11.5 Å². The summed E-state index contributed by atoms with van der Waals surface area (Å²) in [7, 11) is -1.52. The second-order valence-electron chi connectivity index (χ2n) is 4.00. The smallest absolute Gasteiger partial charge is 0.464 e. The van der Waals surface area contributed by atoms with E-state index >= 15 is 0 Å². The van der Waals surface area contributed by atoms with E-state index in [2.05, 4.69) is 4.98 Å². The van der Waals surface area contributed by atoms with Crippen LogP contribution in [0.3, 0.4) is 0 Å². The van der Waals surface area contributed by atoms with Gasteiger partial charge < -0.3 is 4.55 Å². The molecule has 0 fully saturated rings. The monoisotopic (exact) mass is 327 g/mol. The molecular weight excluding hydrogens is 317 g/mol. The minimum atomic E-state index is -5.71. The standard InChI is InChI=1S/C11H10F5N3OS/c1-21(20)19(7-17)5-4-8-2-3-9(18-6-8)10(12,13)11(14,15)16/h2-3,6H,4-5H2,1H3. The molecule has 0 aliphatic carbocycles. The highest BCUT2D eigenvalue weighted by atomic mass is 32.2. The Hall–Kier alpha value is -1.60. The van der Waals surface area contributed by atoms with E-state index in [1.165, 1.54) is 6.26 Å². The molecule has 0 N–H and O–H groups in total. The van der Waals surface area contributed by atoms with Gasteiger partial charge in [0.15, 0.2) is 5.26 Å². The van der Waals surface area contributed by atoms with E-state index < -0.39 is 28.8 Å². The minimum Gasteiger partial charge on any atom is -0.772 e. The molecule has 0 radical (unpaired) electrons. The summed E-state index contributed by atoms with van der Waals surface area (Å²) in [5.74, 6) is -5.02. The molecule has 1 unspecified atom stereocenters. The molecule has 0 spiro atoms. The molecule has 1 atom stereocenters. The molecule has 1 aromatic rings. The van der Waals surface area contributed by atoms with E-state index in [0.717, 1.165) is 16.2 Å². The number of hydrogen-bond acceptors (Lipinski definition) is 3. The Morgan fingerprint density at radius 3 is 2.33 bits per heavy atom. The summed E-state index contributed by atoms with van der Waals surface area (Å²) in [6.07, 6.45) is -1.74. The van der Waals surface area contributed by atoms with Gasteiger partial charge in [0.2, 0.25) is 0 Å². The van der Waals surface area contributed by atoms with Crippen LogP contribution in [0.1, 0.15) is 11.3 Å². The largest absolute Gasteiger partial charge is 0.772 e. The number of nitriles is 1. The van der Waals surface area contributed by atoms with Gasteiger partial charge in [-0.3, -0.25) is 4.98 Å². The summed E-state index contributed by atoms with van der Waals surface area (Å²) in [5, 5.41) is 8.66. The predicted molar refractivity (Wildman–Crippen MR) is 62.7 cm³/mol. The summed E-state index contributed by atoms with van der Waals surface area (Å²) in [6, 6.07) is 1.65. The molecule has 0 amide bonds. The molecule has 0 bridgehead atoms. The number of hydrogen-bond donors (Lipinski definition) is 0. The molecule has 0 aromatic carbocycles.